The van der Waals surface area contributed by atoms with Gasteiger partial charge >= 0.3 is 0 Å². The van der Waals surface area contributed by atoms with E-state index in [0.717, 1.165) is 11.1 Å². The predicted octanol–water partition coefficient (Wildman–Crippen LogP) is 4.36. The molecule has 2 aromatic rings. The summed E-state index contributed by atoms with van der Waals surface area (Å²) in [5.41, 5.74) is 3.12. The SMILES string of the molecule is Cc1cc(/C=C2\NC(=S)N(c3ccc(Cl)cc3C)C2=O)ccc1F. The molecule has 1 fully saturated rings. The van der Waals surface area contributed by atoms with Crippen molar-refractivity contribution < 1.29 is 9.18 Å². The van der Waals surface area contributed by atoms with E-state index in [4.69, 9.17) is 23.8 Å². The molecule has 0 radical (unpaired) electrons. The number of benzene rings is 2. The molecule has 2 aromatic carbocycles. The molecule has 24 heavy (non-hydrogen) atoms. The van der Waals surface area contributed by atoms with E-state index in [-0.39, 0.29) is 11.7 Å². The standard InChI is InChI=1S/C18H14ClFN2OS/c1-10-7-12(3-5-14(10)20)9-15-17(23)22(18(24)21-15)16-6-4-13(19)8-11(16)2/h3-9H,1-2H3,(H,21,24)/b15-9-. The quantitative estimate of drug-likeness (QED) is 0.638. The van der Waals surface area contributed by atoms with Crippen molar-refractivity contribution >= 4 is 46.6 Å². The molecule has 0 bridgehead atoms. The van der Waals surface area contributed by atoms with Crippen LogP contribution in [0.3, 0.4) is 0 Å². The molecule has 6 heteroatoms. The van der Waals surface area contributed by atoms with Crippen molar-refractivity contribution in [2.24, 2.45) is 0 Å². The molecule has 1 heterocycles. The number of carbonyl (C=O) groups is 1. The summed E-state index contributed by atoms with van der Waals surface area (Å²) in [6, 6.07) is 9.91. The maximum absolute atomic E-state index is 13.4. The van der Waals surface area contributed by atoms with Crippen molar-refractivity contribution in [1.82, 2.24) is 5.32 Å². The molecule has 0 aliphatic carbocycles. The zero-order chi connectivity index (χ0) is 17.4. The molecule has 1 aliphatic rings. The number of carbonyl (C=O) groups excluding carboxylic acids is 1. The van der Waals surface area contributed by atoms with Crippen molar-refractivity contribution in [2.75, 3.05) is 4.90 Å². The van der Waals surface area contributed by atoms with Gasteiger partial charge in [0.2, 0.25) is 0 Å². The summed E-state index contributed by atoms with van der Waals surface area (Å²) in [5, 5.41) is 3.82. The Bertz CT molecular complexity index is 895. The van der Waals surface area contributed by atoms with Gasteiger partial charge < -0.3 is 5.32 Å². The number of anilines is 1. The van der Waals surface area contributed by atoms with E-state index in [9.17, 15) is 9.18 Å². The molecule has 0 saturated carbocycles. The van der Waals surface area contributed by atoms with Gasteiger partial charge in [0.15, 0.2) is 5.11 Å². The van der Waals surface area contributed by atoms with E-state index in [2.05, 4.69) is 5.32 Å². The fourth-order valence-electron chi connectivity index (χ4n) is 2.55. The number of thiocarbonyl (C=S) groups is 1. The topological polar surface area (TPSA) is 32.3 Å². The van der Waals surface area contributed by atoms with Crippen molar-refractivity contribution in [2.45, 2.75) is 13.8 Å². The summed E-state index contributed by atoms with van der Waals surface area (Å²) in [4.78, 5) is 14.1. The molecule has 1 aliphatic heterocycles. The van der Waals surface area contributed by atoms with Crippen molar-refractivity contribution in [1.29, 1.82) is 0 Å². The second kappa shape index (κ2) is 6.34. The second-order valence-corrected chi connectivity index (χ2v) is 6.39. The summed E-state index contributed by atoms with van der Waals surface area (Å²) in [6.45, 7) is 3.54. The Kier molecular flexibility index (Phi) is 4.39. The minimum absolute atomic E-state index is 0.257. The van der Waals surface area contributed by atoms with Gasteiger partial charge in [-0.1, -0.05) is 17.7 Å². The van der Waals surface area contributed by atoms with E-state index in [1.165, 1.54) is 11.0 Å². The minimum Gasteiger partial charge on any atom is -0.327 e. The fraction of sp³-hybridized carbons (Fsp3) is 0.111. The second-order valence-electron chi connectivity index (χ2n) is 5.57. The van der Waals surface area contributed by atoms with Crippen LogP contribution in [0, 0.1) is 19.7 Å². The first-order valence-corrected chi connectivity index (χ1v) is 8.05. The van der Waals surface area contributed by atoms with E-state index < -0.39 is 0 Å². The number of hydrogen-bond donors (Lipinski definition) is 1. The number of hydrogen-bond acceptors (Lipinski definition) is 2. The number of nitrogens with zero attached hydrogens (tertiary/aromatic N) is 1. The Morgan fingerprint density at radius 3 is 2.58 bits per heavy atom. The molecule has 0 aromatic heterocycles. The van der Waals surface area contributed by atoms with Gasteiger partial charge in [0, 0.05) is 5.02 Å². The van der Waals surface area contributed by atoms with Crippen molar-refractivity contribution in [3.8, 4) is 0 Å². The smallest absolute Gasteiger partial charge is 0.281 e. The first-order chi connectivity index (χ1) is 11.4. The average molecular weight is 361 g/mol. The Morgan fingerprint density at radius 2 is 1.92 bits per heavy atom. The molecule has 0 unspecified atom stereocenters. The van der Waals surface area contributed by atoms with E-state index >= 15 is 0 Å². The van der Waals surface area contributed by atoms with Crippen molar-refractivity contribution in [3.63, 3.8) is 0 Å². The molecular weight excluding hydrogens is 347 g/mol. The lowest BCUT2D eigenvalue weighted by atomic mass is 10.1. The Balaban J connectivity index is 1.96. The number of halogens is 2. The van der Waals surface area contributed by atoms with E-state index in [0.29, 0.717) is 27.1 Å². The highest BCUT2D eigenvalue weighted by atomic mass is 35.5. The molecule has 0 spiro atoms. The molecule has 0 atom stereocenters. The fourth-order valence-corrected chi connectivity index (χ4v) is 3.07. The van der Waals surface area contributed by atoms with Crippen LogP contribution >= 0.6 is 23.8 Å². The third-order valence-electron chi connectivity index (χ3n) is 3.77. The lowest BCUT2D eigenvalue weighted by Gasteiger charge is -2.16. The molecule has 3 nitrogen and oxygen atoms in total. The highest BCUT2D eigenvalue weighted by Crippen LogP contribution is 2.28. The monoisotopic (exact) mass is 360 g/mol. The van der Waals surface area contributed by atoms with Gasteiger partial charge in [-0.05, 0) is 79.2 Å². The molecule has 1 saturated heterocycles. The van der Waals surface area contributed by atoms with Gasteiger partial charge in [-0.25, -0.2) is 4.39 Å². The Labute approximate surface area is 149 Å². The van der Waals surface area contributed by atoms with Gasteiger partial charge in [-0.15, -0.1) is 0 Å². The molecule has 1 amide bonds. The molecule has 122 valence electrons. The van der Waals surface area contributed by atoms with E-state index in [1.807, 2.05) is 6.92 Å². The lowest BCUT2D eigenvalue weighted by Crippen LogP contribution is -2.30. The lowest BCUT2D eigenvalue weighted by molar-refractivity contribution is -0.113. The Hall–Kier alpha value is -2.24. The van der Waals surface area contributed by atoms with Crippen LogP contribution in [-0.4, -0.2) is 11.0 Å². The number of aryl methyl sites for hydroxylation is 2. The van der Waals surface area contributed by atoms with Gasteiger partial charge in [-0.2, -0.15) is 0 Å². The number of nitrogens with one attached hydrogen (secondary N) is 1. The van der Waals surface area contributed by atoms with Crippen LogP contribution in [0.5, 0.6) is 0 Å². The first-order valence-electron chi connectivity index (χ1n) is 7.26. The Morgan fingerprint density at radius 1 is 1.17 bits per heavy atom. The highest BCUT2D eigenvalue weighted by Gasteiger charge is 2.32. The van der Waals surface area contributed by atoms with Gasteiger partial charge in [-0.3, -0.25) is 9.69 Å². The van der Waals surface area contributed by atoms with Crippen LogP contribution in [0.25, 0.3) is 6.08 Å². The van der Waals surface area contributed by atoms with Crippen LogP contribution in [0.15, 0.2) is 42.1 Å². The summed E-state index contributed by atoms with van der Waals surface area (Å²) >= 11 is 11.3. The van der Waals surface area contributed by atoms with Gasteiger partial charge in [0.25, 0.3) is 5.91 Å². The van der Waals surface area contributed by atoms with Crippen LogP contribution in [0.2, 0.25) is 5.02 Å². The van der Waals surface area contributed by atoms with Gasteiger partial charge in [0.05, 0.1) is 5.69 Å². The van der Waals surface area contributed by atoms with Crippen LogP contribution < -0.4 is 10.2 Å². The molecule has 3 rings (SSSR count). The number of rotatable bonds is 2. The zero-order valence-corrected chi connectivity index (χ0v) is 14.6. The minimum atomic E-state index is -0.281. The molecule has 1 N–H and O–H groups in total. The van der Waals surface area contributed by atoms with Crippen LogP contribution in [0.1, 0.15) is 16.7 Å². The third kappa shape index (κ3) is 3.05. The maximum Gasteiger partial charge on any atom is 0.281 e. The van der Waals surface area contributed by atoms with Crippen LogP contribution in [0.4, 0.5) is 10.1 Å². The predicted molar refractivity (Wildman–Crippen MR) is 98.5 cm³/mol. The summed E-state index contributed by atoms with van der Waals surface area (Å²) < 4.78 is 13.4. The highest BCUT2D eigenvalue weighted by molar-refractivity contribution is 7.80. The van der Waals surface area contributed by atoms with Crippen molar-refractivity contribution in [3.05, 3.63) is 69.6 Å². The summed E-state index contributed by atoms with van der Waals surface area (Å²) in [6.07, 6.45) is 1.66. The van der Waals surface area contributed by atoms with Crippen LogP contribution in [-0.2, 0) is 4.79 Å². The first kappa shape index (κ1) is 16.6. The van der Waals surface area contributed by atoms with E-state index in [1.54, 1.807) is 43.3 Å². The maximum atomic E-state index is 13.4. The average Bonchev–Trinajstić information content (AvgIpc) is 2.78. The largest absolute Gasteiger partial charge is 0.327 e. The normalized spacial score (nSPS) is 16.0. The zero-order valence-electron chi connectivity index (χ0n) is 13.1. The molecular formula is C18H14ClFN2OS. The third-order valence-corrected chi connectivity index (χ3v) is 4.29. The van der Waals surface area contributed by atoms with Gasteiger partial charge in [0.1, 0.15) is 11.5 Å². The summed E-state index contributed by atoms with van der Waals surface area (Å²) in [5.74, 6) is -0.538. The number of amides is 1. The summed E-state index contributed by atoms with van der Waals surface area (Å²) in [7, 11) is 0.